The number of alkyl carbamates (subject to hydrolysis) is 1. The van der Waals surface area contributed by atoms with Crippen LogP contribution in [0.5, 0.6) is 0 Å². The van der Waals surface area contributed by atoms with Gasteiger partial charge in [0.25, 0.3) is 0 Å². The molecule has 35 heavy (non-hydrogen) atoms. The number of nitrogens with one attached hydrogen (secondary N) is 1. The molecule has 184 valence electrons. The summed E-state index contributed by atoms with van der Waals surface area (Å²) in [6, 6.07) is 16.5. The van der Waals surface area contributed by atoms with Crippen molar-refractivity contribution in [1.29, 1.82) is 0 Å². The van der Waals surface area contributed by atoms with E-state index < -0.39 is 12.1 Å². The van der Waals surface area contributed by atoms with Crippen molar-refractivity contribution < 1.29 is 24.2 Å². The van der Waals surface area contributed by atoms with E-state index in [2.05, 4.69) is 29.6 Å². The van der Waals surface area contributed by atoms with Gasteiger partial charge in [-0.05, 0) is 53.4 Å². The fraction of sp³-hybridized carbons (Fsp3) is 0.464. The molecule has 2 N–H and O–H groups in total. The molecule has 0 bridgehead atoms. The van der Waals surface area contributed by atoms with Crippen molar-refractivity contribution in [3.8, 4) is 11.1 Å². The number of fused-ring (bicyclic) bond motifs is 3. The first-order valence-electron chi connectivity index (χ1n) is 12.5. The number of benzene rings is 2. The molecule has 5 rings (SSSR count). The van der Waals surface area contributed by atoms with Gasteiger partial charge in [-0.2, -0.15) is 0 Å². The summed E-state index contributed by atoms with van der Waals surface area (Å²) in [5, 5.41) is 12.2. The highest BCUT2D eigenvalue weighted by Gasteiger charge is 2.37. The molecular formula is C28H32N2O5. The lowest BCUT2D eigenvalue weighted by molar-refractivity contribution is -0.148. The number of rotatable bonds is 6. The Morgan fingerprint density at radius 1 is 1.03 bits per heavy atom. The van der Waals surface area contributed by atoms with Crippen molar-refractivity contribution in [3.05, 3.63) is 59.7 Å². The molecular weight excluding hydrogens is 444 g/mol. The number of aliphatic carboxylic acids is 1. The molecule has 0 radical (unpaired) electrons. The number of amides is 2. The van der Waals surface area contributed by atoms with Gasteiger partial charge in [-0.1, -0.05) is 55.5 Å². The van der Waals surface area contributed by atoms with Crippen LogP contribution in [-0.4, -0.2) is 53.7 Å². The normalized spacial score (nSPS) is 25.2. The van der Waals surface area contributed by atoms with Gasteiger partial charge >= 0.3 is 12.1 Å². The lowest BCUT2D eigenvalue weighted by atomic mass is 9.77. The summed E-state index contributed by atoms with van der Waals surface area (Å²) in [7, 11) is 0. The summed E-state index contributed by atoms with van der Waals surface area (Å²) in [5.74, 6) is -0.805. The number of carbonyl (C=O) groups is 3. The van der Waals surface area contributed by atoms with Crippen molar-refractivity contribution in [1.82, 2.24) is 10.2 Å². The zero-order valence-corrected chi connectivity index (χ0v) is 20.0. The van der Waals surface area contributed by atoms with E-state index in [1.54, 1.807) is 4.90 Å². The molecule has 1 heterocycles. The van der Waals surface area contributed by atoms with Crippen LogP contribution < -0.4 is 5.32 Å². The second kappa shape index (κ2) is 9.72. The molecule has 2 aromatic carbocycles. The highest BCUT2D eigenvalue weighted by Crippen LogP contribution is 2.44. The van der Waals surface area contributed by atoms with E-state index in [-0.39, 0.29) is 35.6 Å². The monoisotopic (exact) mass is 476 g/mol. The maximum atomic E-state index is 12.7. The Kier molecular flexibility index (Phi) is 6.50. The first kappa shape index (κ1) is 23.4. The van der Waals surface area contributed by atoms with Crippen LogP contribution in [0.2, 0.25) is 0 Å². The number of likely N-dealkylation sites (tertiary alicyclic amines) is 1. The summed E-state index contributed by atoms with van der Waals surface area (Å²) >= 11 is 0. The highest BCUT2D eigenvalue weighted by atomic mass is 16.5. The van der Waals surface area contributed by atoms with Gasteiger partial charge in [0.05, 0.1) is 5.92 Å². The average Bonchev–Trinajstić information content (AvgIpc) is 3.14. The Morgan fingerprint density at radius 2 is 1.66 bits per heavy atom. The number of carboxylic acids is 1. The van der Waals surface area contributed by atoms with Crippen LogP contribution in [0.25, 0.3) is 11.1 Å². The molecule has 7 nitrogen and oxygen atoms in total. The number of nitrogens with zero attached hydrogens (tertiary/aromatic N) is 1. The zero-order valence-electron chi connectivity index (χ0n) is 20.0. The van der Waals surface area contributed by atoms with Crippen molar-refractivity contribution in [2.24, 2.45) is 17.8 Å². The maximum Gasteiger partial charge on any atom is 0.407 e. The minimum atomic E-state index is -0.772. The Hall–Kier alpha value is -3.35. The Morgan fingerprint density at radius 3 is 2.26 bits per heavy atom. The van der Waals surface area contributed by atoms with E-state index in [1.807, 2.05) is 31.2 Å². The van der Waals surface area contributed by atoms with Gasteiger partial charge in [0.15, 0.2) is 0 Å². The molecule has 1 saturated carbocycles. The molecule has 1 saturated heterocycles. The highest BCUT2D eigenvalue weighted by molar-refractivity contribution is 5.79. The van der Waals surface area contributed by atoms with E-state index in [0.717, 1.165) is 12.8 Å². The SMILES string of the molecule is CC1CN(C(=O)CC2CC(NC(=O)OCC3c4ccccc4-c4ccccc43)C2)CCC1C(=O)O. The molecule has 2 fully saturated rings. The molecule has 2 aromatic rings. The number of carbonyl (C=O) groups excluding carboxylic acids is 2. The van der Waals surface area contributed by atoms with E-state index >= 15 is 0 Å². The van der Waals surface area contributed by atoms with Crippen molar-refractivity contribution >= 4 is 18.0 Å². The first-order chi connectivity index (χ1) is 16.9. The van der Waals surface area contributed by atoms with Crippen LogP contribution in [0.15, 0.2) is 48.5 Å². The fourth-order valence-corrected chi connectivity index (χ4v) is 5.94. The summed E-state index contributed by atoms with van der Waals surface area (Å²) in [6.45, 7) is 3.20. The Bertz CT molecular complexity index is 1080. The van der Waals surface area contributed by atoms with Gasteiger partial charge < -0.3 is 20.1 Å². The van der Waals surface area contributed by atoms with Gasteiger partial charge in [0.1, 0.15) is 6.61 Å². The lowest BCUT2D eigenvalue weighted by Gasteiger charge is -2.39. The summed E-state index contributed by atoms with van der Waals surface area (Å²) < 4.78 is 5.63. The molecule has 0 aromatic heterocycles. The second-order valence-electron chi connectivity index (χ2n) is 10.3. The van der Waals surface area contributed by atoms with Crippen molar-refractivity contribution in [2.75, 3.05) is 19.7 Å². The minimum absolute atomic E-state index is 0.0279. The van der Waals surface area contributed by atoms with E-state index in [9.17, 15) is 19.5 Å². The predicted octanol–water partition coefficient (Wildman–Crippen LogP) is 4.26. The third-order valence-corrected chi connectivity index (χ3v) is 7.94. The van der Waals surface area contributed by atoms with Gasteiger partial charge in [-0.25, -0.2) is 4.79 Å². The maximum absolute atomic E-state index is 12.7. The van der Waals surface area contributed by atoms with E-state index in [1.165, 1.54) is 22.3 Å². The Labute approximate surface area is 205 Å². The minimum Gasteiger partial charge on any atom is -0.481 e. The number of piperidine rings is 1. The third kappa shape index (κ3) is 4.77. The molecule has 2 atom stereocenters. The molecule has 2 unspecified atom stereocenters. The van der Waals surface area contributed by atoms with Gasteiger partial charge in [0.2, 0.25) is 5.91 Å². The van der Waals surface area contributed by atoms with Crippen LogP contribution >= 0.6 is 0 Å². The van der Waals surface area contributed by atoms with Crippen molar-refractivity contribution in [3.63, 3.8) is 0 Å². The smallest absolute Gasteiger partial charge is 0.407 e. The van der Waals surface area contributed by atoms with E-state index in [0.29, 0.717) is 32.5 Å². The zero-order chi connectivity index (χ0) is 24.5. The van der Waals surface area contributed by atoms with Crippen LogP contribution in [-0.2, 0) is 14.3 Å². The topological polar surface area (TPSA) is 95.9 Å². The van der Waals surface area contributed by atoms with Crippen LogP contribution in [0.3, 0.4) is 0 Å². The number of ether oxygens (including phenoxy) is 1. The van der Waals surface area contributed by atoms with Gasteiger partial charge in [-0.15, -0.1) is 0 Å². The molecule has 3 aliphatic rings. The van der Waals surface area contributed by atoms with Crippen LogP contribution in [0, 0.1) is 17.8 Å². The molecule has 2 amide bonds. The summed E-state index contributed by atoms with van der Waals surface area (Å²) in [6.07, 6.45) is 2.08. The lowest BCUT2D eigenvalue weighted by Crippen LogP contribution is -2.48. The largest absolute Gasteiger partial charge is 0.481 e. The number of hydrogen-bond acceptors (Lipinski definition) is 4. The van der Waals surface area contributed by atoms with Crippen molar-refractivity contribution in [2.45, 2.75) is 44.6 Å². The second-order valence-corrected chi connectivity index (χ2v) is 10.3. The molecule has 0 spiro atoms. The summed E-state index contributed by atoms with van der Waals surface area (Å²) in [5.41, 5.74) is 4.77. The predicted molar refractivity (Wildman–Crippen MR) is 131 cm³/mol. The number of carboxylic acid groups (broad SMARTS) is 1. The number of hydrogen-bond donors (Lipinski definition) is 2. The van der Waals surface area contributed by atoms with E-state index in [4.69, 9.17) is 4.74 Å². The van der Waals surface area contributed by atoms with Crippen LogP contribution in [0.1, 0.15) is 49.7 Å². The summed E-state index contributed by atoms with van der Waals surface area (Å²) in [4.78, 5) is 38.2. The van der Waals surface area contributed by atoms with Gasteiger partial charge in [-0.3, -0.25) is 9.59 Å². The van der Waals surface area contributed by atoms with Gasteiger partial charge in [0, 0.05) is 31.5 Å². The first-order valence-corrected chi connectivity index (χ1v) is 12.5. The molecule has 7 heteroatoms. The standard InChI is InChI=1S/C28H32N2O5/c1-17-15-30(11-10-20(17)27(32)33)26(31)14-18-12-19(13-18)29-28(34)35-16-25-23-8-4-2-6-21(23)22-7-3-5-9-24(22)25/h2-9,17-20,25H,10-16H2,1H3,(H,29,34)(H,32,33). The quantitative estimate of drug-likeness (QED) is 0.649. The third-order valence-electron chi connectivity index (χ3n) is 7.94. The molecule has 2 aliphatic carbocycles. The molecule has 1 aliphatic heterocycles. The van der Waals surface area contributed by atoms with Crippen LogP contribution in [0.4, 0.5) is 4.79 Å². The average molecular weight is 477 g/mol. The fourth-order valence-electron chi connectivity index (χ4n) is 5.94. The Balaban J connectivity index is 1.06.